The molecule has 0 saturated carbocycles. The fraction of sp³-hybridized carbons (Fsp3) is 0.273. The lowest BCUT2D eigenvalue weighted by Crippen LogP contribution is -2.18. The van der Waals surface area contributed by atoms with Gasteiger partial charge in [0.15, 0.2) is 0 Å². The lowest BCUT2D eigenvalue weighted by Gasteiger charge is -2.03. The zero-order valence-corrected chi connectivity index (χ0v) is 8.76. The number of furan rings is 1. The van der Waals surface area contributed by atoms with Crippen molar-refractivity contribution in [1.82, 2.24) is 14.9 Å². The molecule has 0 aliphatic carbocycles. The molecule has 0 amide bonds. The molecule has 0 radical (unpaired) electrons. The molecule has 5 nitrogen and oxygen atoms in total. The van der Waals surface area contributed by atoms with Crippen LogP contribution in [0.1, 0.15) is 11.5 Å². The van der Waals surface area contributed by atoms with E-state index in [0.717, 1.165) is 18.8 Å². The van der Waals surface area contributed by atoms with Gasteiger partial charge in [0.05, 0.1) is 12.9 Å². The van der Waals surface area contributed by atoms with Gasteiger partial charge in [0.2, 0.25) is 5.76 Å². The summed E-state index contributed by atoms with van der Waals surface area (Å²) in [6.07, 6.45) is 5.45. The van der Waals surface area contributed by atoms with E-state index in [2.05, 4.69) is 10.3 Å². The van der Waals surface area contributed by atoms with Crippen LogP contribution in [-0.2, 0) is 13.1 Å². The molecule has 16 heavy (non-hydrogen) atoms. The van der Waals surface area contributed by atoms with Crippen molar-refractivity contribution in [3.63, 3.8) is 0 Å². The molecule has 5 heteroatoms. The largest absolute Gasteiger partial charge is 0.449 e. The summed E-state index contributed by atoms with van der Waals surface area (Å²) in [7, 11) is 0. The average Bonchev–Trinajstić information content (AvgIpc) is 2.95. The first-order valence-corrected chi connectivity index (χ1v) is 5.04. The van der Waals surface area contributed by atoms with E-state index >= 15 is 0 Å². The summed E-state index contributed by atoms with van der Waals surface area (Å²) >= 11 is 0. The van der Waals surface area contributed by atoms with Gasteiger partial charge in [-0.1, -0.05) is 0 Å². The lowest BCUT2D eigenvalue weighted by molar-refractivity contribution is 0.468. The molecule has 82 valence electrons. The molecule has 0 unspecified atom stereocenters. The number of rotatable bonds is 5. The number of aromatic nitrogens is 2. The predicted octanol–water partition coefficient (Wildman–Crippen LogP) is 1.14. The maximum absolute atomic E-state index is 8.57. The maximum Gasteiger partial charge on any atom is 0.203 e. The molecule has 0 bridgehead atoms. The number of imidazole rings is 1. The minimum Gasteiger partial charge on any atom is -0.449 e. The molecule has 0 spiro atoms. The fourth-order valence-corrected chi connectivity index (χ4v) is 1.37. The highest BCUT2D eigenvalue weighted by Gasteiger charge is 1.99. The van der Waals surface area contributed by atoms with Crippen LogP contribution in [-0.4, -0.2) is 16.1 Å². The van der Waals surface area contributed by atoms with E-state index < -0.39 is 0 Å². The molecule has 0 atom stereocenters. The van der Waals surface area contributed by atoms with E-state index in [1.165, 1.54) is 0 Å². The number of hydrogen-bond acceptors (Lipinski definition) is 4. The van der Waals surface area contributed by atoms with E-state index in [4.69, 9.17) is 9.68 Å². The molecule has 0 saturated heterocycles. The third-order valence-electron chi connectivity index (χ3n) is 2.18. The number of nitriles is 1. The van der Waals surface area contributed by atoms with E-state index in [9.17, 15) is 0 Å². The predicted molar refractivity (Wildman–Crippen MR) is 57.4 cm³/mol. The van der Waals surface area contributed by atoms with Crippen molar-refractivity contribution >= 4 is 0 Å². The Morgan fingerprint density at radius 2 is 2.44 bits per heavy atom. The van der Waals surface area contributed by atoms with Crippen LogP contribution in [0.5, 0.6) is 0 Å². The summed E-state index contributed by atoms with van der Waals surface area (Å²) in [6, 6.07) is 5.44. The smallest absolute Gasteiger partial charge is 0.203 e. The Kier molecular flexibility index (Phi) is 3.36. The minimum atomic E-state index is 0.353. The summed E-state index contributed by atoms with van der Waals surface area (Å²) < 4.78 is 7.22. The quantitative estimate of drug-likeness (QED) is 0.761. The van der Waals surface area contributed by atoms with Gasteiger partial charge in [-0.25, -0.2) is 4.98 Å². The third kappa shape index (κ3) is 2.72. The fourth-order valence-electron chi connectivity index (χ4n) is 1.37. The second kappa shape index (κ2) is 5.14. The Labute approximate surface area is 93.3 Å². The van der Waals surface area contributed by atoms with Gasteiger partial charge in [0.25, 0.3) is 0 Å². The van der Waals surface area contributed by atoms with Crippen LogP contribution in [0.2, 0.25) is 0 Å². The first kappa shape index (κ1) is 10.5. The summed E-state index contributed by atoms with van der Waals surface area (Å²) in [4.78, 5) is 3.95. The van der Waals surface area contributed by atoms with Crippen LogP contribution in [0.4, 0.5) is 0 Å². The Balaban J connectivity index is 1.70. The van der Waals surface area contributed by atoms with E-state index in [1.807, 2.05) is 22.9 Å². The van der Waals surface area contributed by atoms with Crippen LogP contribution in [0.25, 0.3) is 0 Å². The number of nitrogens with zero attached hydrogens (tertiary/aromatic N) is 3. The van der Waals surface area contributed by atoms with Crippen molar-refractivity contribution < 1.29 is 4.42 Å². The number of nitrogens with one attached hydrogen (secondary N) is 1. The summed E-state index contributed by atoms with van der Waals surface area (Å²) in [5.74, 6) is 1.13. The second-order valence-corrected chi connectivity index (χ2v) is 3.36. The maximum atomic E-state index is 8.57. The van der Waals surface area contributed by atoms with Gasteiger partial charge >= 0.3 is 0 Å². The molecule has 2 rings (SSSR count). The molecular formula is C11H12N4O. The topological polar surface area (TPSA) is 66.8 Å². The van der Waals surface area contributed by atoms with Crippen molar-refractivity contribution in [3.05, 3.63) is 42.4 Å². The van der Waals surface area contributed by atoms with Crippen molar-refractivity contribution in [1.29, 1.82) is 5.26 Å². The molecule has 0 aromatic carbocycles. The Morgan fingerprint density at radius 3 is 3.12 bits per heavy atom. The SMILES string of the molecule is N#Cc1ccc(CNCCn2ccnc2)o1. The van der Waals surface area contributed by atoms with E-state index in [0.29, 0.717) is 12.3 Å². The number of hydrogen-bond donors (Lipinski definition) is 1. The first-order valence-electron chi connectivity index (χ1n) is 5.04. The molecule has 0 fully saturated rings. The van der Waals surface area contributed by atoms with Crippen molar-refractivity contribution in [3.8, 4) is 6.07 Å². The van der Waals surface area contributed by atoms with Crippen molar-refractivity contribution in [2.24, 2.45) is 0 Å². The molecule has 2 heterocycles. The molecular weight excluding hydrogens is 204 g/mol. The first-order chi connectivity index (χ1) is 7.88. The van der Waals surface area contributed by atoms with Gasteiger partial charge in [0, 0.05) is 25.5 Å². The molecule has 2 aromatic rings. The van der Waals surface area contributed by atoms with Crippen LogP contribution < -0.4 is 5.32 Å². The highest BCUT2D eigenvalue weighted by molar-refractivity contribution is 5.18. The van der Waals surface area contributed by atoms with E-state index in [-0.39, 0.29) is 0 Å². The monoisotopic (exact) mass is 216 g/mol. The van der Waals surface area contributed by atoms with E-state index in [1.54, 1.807) is 18.6 Å². The summed E-state index contributed by atoms with van der Waals surface area (Å²) in [5.41, 5.74) is 0. The molecule has 0 aliphatic rings. The zero-order valence-electron chi connectivity index (χ0n) is 8.76. The van der Waals surface area contributed by atoms with Crippen LogP contribution in [0.15, 0.2) is 35.3 Å². The highest BCUT2D eigenvalue weighted by Crippen LogP contribution is 2.05. The molecule has 2 aromatic heterocycles. The van der Waals surface area contributed by atoms with Gasteiger partial charge in [-0.2, -0.15) is 5.26 Å². The van der Waals surface area contributed by atoms with Crippen molar-refractivity contribution in [2.75, 3.05) is 6.54 Å². The van der Waals surface area contributed by atoms with Gasteiger partial charge < -0.3 is 14.3 Å². The van der Waals surface area contributed by atoms with Crippen LogP contribution in [0.3, 0.4) is 0 Å². The Hall–Kier alpha value is -2.06. The highest BCUT2D eigenvalue weighted by atomic mass is 16.3. The normalized spacial score (nSPS) is 10.2. The molecule has 0 aliphatic heterocycles. The van der Waals surface area contributed by atoms with Crippen LogP contribution >= 0.6 is 0 Å². The van der Waals surface area contributed by atoms with Crippen LogP contribution in [0, 0.1) is 11.3 Å². The molecule has 1 N–H and O–H groups in total. The second-order valence-electron chi connectivity index (χ2n) is 3.36. The standard InChI is InChI=1S/C11H12N4O/c12-7-10-1-2-11(16-10)8-13-3-5-15-6-4-14-9-15/h1-2,4,6,9,13H,3,5,8H2. The third-order valence-corrected chi connectivity index (χ3v) is 2.18. The van der Waals surface area contributed by atoms with Gasteiger partial charge in [0.1, 0.15) is 11.8 Å². The average molecular weight is 216 g/mol. The zero-order chi connectivity index (χ0) is 11.2. The minimum absolute atomic E-state index is 0.353. The Morgan fingerprint density at radius 1 is 1.50 bits per heavy atom. The lowest BCUT2D eigenvalue weighted by atomic mass is 10.4. The van der Waals surface area contributed by atoms with Gasteiger partial charge in [-0.05, 0) is 12.1 Å². The van der Waals surface area contributed by atoms with Gasteiger partial charge in [-0.3, -0.25) is 0 Å². The summed E-state index contributed by atoms with van der Waals surface area (Å²) in [6.45, 7) is 2.33. The Bertz CT molecular complexity index is 466. The van der Waals surface area contributed by atoms with Crippen molar-refractivity contribution in [2.45, 2.75) is 13.1 Å². The summed E-state index contributed by atoms with van der Waals surface area (Å²) in [5, 5.41) is 11.8. The van der Waals surface area contributed by atoms with Gasteiger partial charge in [-0.15, -0.1) is 0 Å².